The Hall–Kier alpha value is -2.39. The second-order valence-corrected chi connectivity index (χ2v) is 11.0. The van der Waals surface area contributed by atoms with Gasteiger partial charge < -0.3 is 10.1 Å². The molecule has 3 aromatic carbocycles. The van der Waals surface area contributed by atoms with Crippen molar-refractivity contribution in [3.05, 3.63) is 88.4 Å². The van der Waals surface area contributed by atoms with Crippen LogP contribution in [0, 0.1) is 0 Å². The summed E-state index contributed by atoms with van der Waals surface area (Å²) in [6.07, 6.45) is 0. The Labute approximate surface area is 214 Å². The van der Waals surface area contributed by atoms with Crippen LogP contribution in [-0.4, -0.2) is 40.3 Å². The predicted molar refractivity (Wildman–Crippen MR) is 140 cm³/mol. The monoisotopic (exact) mass is 538 g/mol. The maximum absolute atomic E-state index is 13.3. The average molecular weight is 540 g/mol. The van der Waals surface area contributed by atoms with Crippen molar-refractivity contribution in [3.8, 4) is 5.75 Å². The van der Waals surface area contributed by atoms with E-state index in [9.17, 15) is 13.2 Å². The second kappa shape index (κ2) is 12.4. The van der Waals surface area contributed by atoms with Crippen molar-refractivity contribution in [2.45, 2.75) is 10.6 Å². The molecule has 34 heavy (non-hydrogen) atoms. The van der Waals surface area contributed by atoms with Gasteiger partial charge in [0.2, 0.25) is 5.91 Å². The number of rotatable bonds is 11. The molecule has 180 valence electrons. The predicted octanol–water partition coefficient (Wildman–Crippen LogP) is 5.25. The van der Waals surface area contributed by atoms with E-state index in [2.05, 4.69) is 5.32 Å². The molecule has 0 atom stereocenters. The lowest BCUT2D eigenvalue weighted by Gasteiger charge is -2.24. The third kappa shape index (κ3) is 7.06. The minimum absolute atomic E-state index is 0.0998. The van der Waals surface area contributed by atoms with E-state index in [4.69, 9.17) is 27.9 Å². The first kappa shape index (κ1) is 26.2. The van der Waals surface area contributed by atoms with E-state index in [1.54, 1.807) is 60.3 Å². The highest BCUT2D eigenvalue weighted by atomic mass is 35.5. The number of methoxy groups -OCH3 is 1. The smallest absolute Gasteiger partial charge is 0.264 e. The highest BCUT2D eigenvalue weighted by molar-refractivity contribution is 7.98. The lowest BCUT2D eigenvalue weighted by molar-refractivity contribution is -0.119. The number of hydrogen-bond donors (Lipinski definition) is 1. The van der Waals surface area contributed by atoms with Gasteiger partial charge >= 0.3 is 0 Å². The molecule has 0 bridgehead atoms. The number of nitrogens with one attached hydrogen (secondary N) is 1. The van der Waals surface area contributed by atoms with E-state index in [0.29, 0.717) is 39.5 Å². The first-order valence-corrected chi connectivity index (χ1v) is 13.7. The van der Waals surface area contributed by atoms with Gasteiger partial charge in [0.05, 0.1) is 27.7 Å². The molecule has 3 rings (SSSR count). The molecule has 0 aliphatic heterocycles. The van der Waals surface area contributed by atoms with Crippen LogP contribution in [0.5, 0.6) is 5.75 Å². The summed E-state index contributed by atoms with van der Waals surface area (Å²) in [7, 11) is -2.47. The summed E-state index contributed by atoms with van der Waals surface area (Å²) in [6.45, 7) is 0.0318. The third-order valence-electron chi connectivity index (χ3n) is 4.78. The number of sulfonamides is 1. The molecule has 0 spiro atoms. The summed E-state index contributed by atoms with van der Waals surface area (Å²) in [5.74, 6) is 1.45. The van der Waals surface area contributed by atoms with Crippen LogP contribution >= 0.6 is 35.0 Å². The van der Waals surface area contributed by atoms with Crippen LogP contribution in [0.4, 0.5) is 5.69 Å². The van der Waals surface area contributed by atoms with Crippen LogP contribution in [0.2, 0.25) is 10.0 Å². The molecule has 0 saturated heterocycles. The summed E-state index contributed by atoms with van der Waals surface area (Å²) in [5.41, 5.74) is 1.37. The first-order chi connectivity index (χ1) is 16.3. The summed E-state index contributed by atoms with van der Waals surface area (Å²) < 4.78 is 33.0. The number of ether oxygens (including phenoxy) is 1. The maximum Gasteiger partial charge on any atom is 0.264 e. The molecule has 0 fully saturated rings. The zero-order valence-corrected chi connectivity index (χ0v) is 21.6. The molecule has 0 saturated carbocycles. The van der Waals surface area contributed by atoms with Crippen LogP contribution in [0.15, 0.2) is 77.7 Å². The van der Waals surface area contributed by atoms with E-state index < -0.39 is 15.9 Å². The normalized spacial score (nSPS) is 11.1. The van der Waals surface area contributed by atoms with Crippen LogP contribution in [0.25, 0.3) is 0 Å². The van der Waals surface area contributed by atoms with Gasteiger partial charge in [-0.3, -0.25) is 9.10 Å². The number of nitrogens with zero attached hydrogens (tertiary/aromatic N) is 1. The largest absolute Gasteiger partial charge is 0.497 e. The minimum Gasteiger partial charge on any atom is -0.497 e. The number of anilines is 1. The molecule has 10 heteroatoms. The Bertz CT molecular complexity index is 1220. The SMILES string of the molecule is COc1cccc(N(CC(=O)NCCSCc2ccc(Cl)c(Cl)c2)S(=O)(=O)c2ccccc2)c1. The topological polar surface area (TPSA) is 75.7 Å². The molecule has 1 amide bonds. The van der Waals surface area contributed by atoms with E-state index in [1.165, 1.54) is 19.2 Å². The minimum atomic E-state index is -3.96. The maximum atomic E-state index is 13.3. The molecule has 1 N–H and O–H groups in total. The number of halogens is 2. The molecule has 0 aliphatic rings. The Morgan fingerprint density at radius 2 is 1.76 bits per heavy atom. The molecule has 3 aromatic rings. The van der Waals surface area contributed by atoms with Crippen molar-refractivity contribution >= 4 is 56.6 Å². The summed E-state index contributed by atoms with van der Waals surface area (Å²) in [4.78, 5) is 12.8. The molecular formula is C24H24Cl2N2O4S2. The summed E-state index contributed by atoms with van der Waals surface area (Å²) >= 11 is 13.6. The van der Waals surface area contributed by atoms with Crippen molar-refractivity contribution in [1.82, 2.24) is 5.32 Å². The van der Waals surface area contributed by atoms with Gasteiger partial charge in [-0.2, -0.15) is 11.8 Å². The highest BCUT2D eigenvalue weighted by Crippen LogP contribution is 2.27. The Kier molecular flexibility index (Phi) is 9.53. The van der Waals surface area contributed by atoms with Gasteiger partial charge in [-0.15, -0.1) is 0 Å². The molecule has 0 unspecified atom stereocenters. The van der Waals surface area contributed by atoms with Crippen LogP contribution in [0.3, 0.4) is 0 Å². The molecule has 0 radical (unpaired) electrons. The lowest BCUT2D eigenvalue weighted by Crippen LogP contribution is -2.41. The van der Waals surface area contributed by atoms with Crippen molar-refractivity contribution in [2.24, 2.45) is 0 Å². The molecule has 6 nitrogen and oxygen atoms in total. The van der Waals surface area contributed by atoms with Gasteiger partial charge in [-0.05, 0) is 42.0 Å². The van der Waals surface area contributed by atoms with Crippen molar-refractivity contribution < 1.29 is 17.9 Å². The summed E-state index contributed by atoms with van der Waals surface area (Å²) in [5, 5.41) is 3.81. The molecule has 0 aliphatic carbocycles. The lowest BCUT2D eigenvalue weighted by atomic mass is 10.2. The van der Waals surface area contributed by atoms with E-state index >= 15 is 0 Å². The fraction of sp³-hybridized carbons (Fsp3) is 0.208. The number of hydrogen-bond acceptors (Lipinski definition) is 5. The second-order valence-electron chi connectivity index (χ2n) is 7.18. The molecule has 0 heterocycles. The van der Waals surface area contributed by atoms with E-state index in [1.807, 2.05) is 12.1 Å². The fourth-order valence-corrected chi connectivity index (χ4v) is 5.63. The van der Waals surface area contributed by atoms with Gasteiger partial charge in [-0.1, -0.05) is 53.5 Å². The van der Waals surface area contributed by atoms with Gasteiger partial charge in [0.1, 0.15) is 12.3 Å². The van der Waals surface area contributed by atoms with Gasteiger partial charge in [0, 0.05) is 24.1 Å². The Balaban J connectivity index is 1.63. The van der Waals surface area contributed by atoms with E-state index in [-0.39, 0.29) is 11.4 Å². The number of amides is 1. The number of carbonyl (C=O) groups excluding carboxylic acids is 1. The van der Waals surface area contributed by atoms with Crippen molar-refractivity contribution in [3.63, 3.8) is 0 Å². The number of benzene rings is 3. The van der Waals surface area contributed by atoms with Gasteiger partial charge in [0.25, 0.3) is 10.0 Å². The number of carbonyl (C=O) groups is 1. The zero-order valence-electron chi connectivity index (χ0n) is 18.4. The number of thioether (sulfide) groups is 1. The van der Waals surface area contributed by atoms with Crippen molar-refractivity contribution in [1.29, 1.82) is 0 Å². The molecule has 0 aromatic heterocycles. The average Bonchev–Trinajstić information content (AvgIpc) is 2.85. The highest BCUT2D eigenvalue weighted by Gasteiger charge is 2.27. The zero-order chi connectivity index (χ0) is 24.6. The third-order valence-corrected chi connectivity index (χ3v) is 8.34. The molecular weight excluding hydrogens is 515 g/mol. The van der Waals surface area contributed by atoms with Crippen LogP contribution < -0.4 is 14.4 Å². The van der Waals surface area contributed by atoms with Crippen LogP contribution in [0.1, 0.15) is 5.56 Å². The Morgan fingerprint density at radius 3 is 2.47 bits per heavy atom. The van der Waals surface area contributed by atoms with Crippen LogP contribution in [-0.2, 0) is 20.6 Å². The summed E-state index contributed by atoms with van der Waals surface area (Å²) in [6, 6.07) is 20.1. The van der Waals surface area contributed by atoms with Gasteiger partial charge in [0.15, 0.2) is 0 Å². The van der Waals surface area contributed by atoms with E-state index in [0.717, 1.165) is 9.87 Å². The van der Waals surface area contributed by atoms with Gasteiger partial charge in [-0.25, -0.2) is 8.42 Å². The Morgan fingerprint density at radius 1 is 1.00 bits per heavy atom. The standard InChI is InChI=1S/C24H24Cl2N2O4S2/c1-32-20-7-5-6-19(15-20)28(34(30,31)21-8-3-2-4-9-21)16-24(29)27-12-13-33-17-18-10-11-22(25)23(26)14-18/h2-11,14-15H,12-13,16-17H2,1H3,(H,27,29). The quantitative estimate of drug-likeness (QED) is 0.337. The van der Waals surface area contributed by atoms with Crippen molar-refractivity contribution in [2.75, 3.05) is 30.3 Å². The fourth-order valence-electron chi connectivity index (χ4n) is 3.07. The first-order valence-electron chi connectivity index (χ1n) is 10.3.